The van der Waals surface area contributed by atoms with Crippen LogP contribution in [-0.4, -0.2) is 37.7 Å². The molecule has 0 spiro atoms. The summed E-state index contributed by atoms with van der Waals surface area (Å²) in [6.07, 6.45) is 3.51. The molecule has 0 aliphatic carbocycles. The summed E-state index contributed by atoms with van der Waals surface area (Å²) in [5.74, 6) is 1.01. The Morgan fingerprint density at radius 2 is 1.79 bits per heavy atom. The highest BCUT2D eigenvalue weighted by atomic mass is 16.5. The van der Waals surface area contributed by atoms with Gasteiger partial charge in [-0.15, -0.1) is 5.10 Å². The molecule has 3 aromatic carbocycles. The quantitative estimate of drug-likeness (QED) is 0.415. The Balaban J connectivity index is 1.20. The van der Waals surface area contributed by atoms with Crippen molar-refractivity contribution in [2.75, 3.05) is 11.9 Å². The molecule has 0 radical (unpaired) electrons. The molecule has 2 heterocycles. The van der Waals surface area contributed by atoms with E-state index in [4.69, 9.17) is 4.74 Å². The number of nitrogens with zero attached hydrogens (tertiary/aromatic N) is 5. The molecular formula is C25H20N6O2. The molecule has 0 saturated carbocycles. The number of ether oxygens (including phenoxy) is 1. The van der Waals surface area contributed by atoms with Gasteiger partial charge in [-0.2, -0.15) is 0 Å². The highest BCUT2D eigenvalue weighted by Gasteiger charge is 2.10. The molecule has 33 heavy (non-hydrogen) atoms. The van der Waals surface area contributed by atoms with E-state index in [1.54, 1.807) is 29.2 Å². The van der Waals surface area contributed by atoms with E-state index in [0.717, 1.165) is 21.9 Å². The summed E-state index contributed by atoms with van der Waals surface area (Å²) in [5, 5.41) is 16.9. The van der Waals surface area contributed by atoms with Crippen molar-refractivity contribution in [1.29, 1.82) is 0 Å². The van der Waals surface area contributed by atoms with Gasteiger partial charge in [-0.1, -0.05) is 36.4 Å². The zero-order chi connectivity index (χ0) is 22.5. The summed E-state index contributed by atoms with van der Waals surface area (Å²) in [4.78, 5) is 16.4. The average molecular weight is 436 g/mol. The number of pyridine rings is 1. The number of hydrogen-bond acceptors (Lipinski definition) is 6. The third kappa shape index (κ3) is 4.85. The first kappa shape index (κ1) is 20.3. The zero-order valence-electron chi connectivity index (χ0n) is 17.6. The van der Waals surface area contributed by atoms with Crippen molar-refractivity contribution in [2.45, 2.75) is 6.54 Å². The van der Waals surface area contributed by atoms with Gasteiger partial charge in [-0.25, -0.2) is 4.68 Å². The van der Waals surface area contributed by atoms with Crippen LogP contribution in [0, 0.1) is 0 Å². The lowest BCUT2D eigenvalue weighted by atomic mass is 10.1. The van der Waals surface area contributed by atoms with Gasteiger partial charge in [-0.05, 0) is 63.8 Å². The molecule has 0 atom stereocenters. The fourth-order valence-corrected chi connectivity index (χ4v) is 3.48. The number of fused-ring (bicyclic) bond motifs is 1. The van der Waals surface area contributed by atoms with Crippen LogP contribution in [0.15, 0.2) is 91.3 Å². The maximum absolute atomic E-state index is 12.3. The first-order chi connectivity index (χ1) is 16.2. The number of benzene rings is 3. The maximum Gasteiger partial charge on any atom is 0.262 e. The number of anilines is 1. The molecule has 8 heteroatoms. The molecule has 5 rings (SSSR count). The molecule has 0 fully saturated rings. The van der Waals surface area contributed by atoms with E-state index >= 15 is 0 Å². The number of rotatable bonds is 7. The molecule has 162 valence electrons. The summed E-state index contributed by atoms with van der Waals surface area (Å²) in [5.41, 5.74) is 2.68. The van der Waals surface area contributed by atoms with Gasteiger partial charge in [0.25, 0.3) is 5.91 Å². The summed E-state index contributed by atoms with van der Waals surface area (Å²) in [7, 11) is 0. The number of nitrogens with one attached hydrogen (secondary N) is 1. The molecule has 8 nitrogen and oxygen atoms in total. The van der Waals surface area contributed by atoms with Gasteiger partial charge in [0.15, 0.2) is 12.4 Å². The van der Waals surface area contributed by atoms with Crippen molar-refractivity contribution in [3.05, 3.63) is 96.8 Å². The van der Waals surface area contributed by atoms with Crippen LogP contribution >= 0.6 is 0 Å². The molecule has 2 aromatic heterocycles. The minimum absolute atomic E-state index is 0.0977. The standard InChI is InChI=1S/C25H20N6O2/c32-24(27-22-9-6-21-15-26-13-12-20(21)14-22)17-33-23-10-7-19(8-11-23)25-28-29-30-31(25)16-18-4-2-1-3-5-18/h1-15H,16-17H2,(H,27,32). The van der Waals surface area contributed by atoms with Crippen LogP contribution in [0.25, 0.3) is 22.2 Å². The van der Waals surface area contributed by atoms with Crippen molar-refractivity contribution in [3.63, 3.8) is 0 Å². The second-order valence-electron chi connectivity index (χ2n) is 7.44. The number of tetrazole rings is 1. The molecule has 0 bridgehead atoms. The SMILES string of the molecule is O=C(COc1ccc(-c2nnnn2Cc2ccccc2)cc1)Nc1ccc2cnccc2c1. The molecule has 0 aliphatic heterocycles. The van der Waals surface area contributed by atoms with Crippen molar-refractivity contribution in [2.24, 2.45) is 0 Å². The molecule has 5 aromatic rings. The Hall–Kier alpha value is -4.59. The maximum atomic E-state index is 12.3. The van der Waals surface area contributed by atoms with E-state index in [-0.39, 0.29) is 12.5 Å². The van der Waals surface area contributed by atoms with Gasteiger partial charge < -0.3 is 10.1 Å². The number of hydrogen-bond donors (Lipinski definition) is 1. The predicted molar refractivity (Wildman–Crippen MR) is 125 cm³/mol. The predicted octanol–water partition coefficient (Wildman–Crippen LogP) is 3.95. The molecule has 0 unspecified atom stereocenters. The van der Waals surface area contributed by atoms with Crippen molar-refractivity contribution in [3.8, 4) is 17.1 Å². The Morgan fingerprint density at radius 3 is 2.64 bits per heavy atom. The minimum Gasteiger partial charge on any atom is -0.484 e. The molecule has 0 saturated heterocycles. The van der Waals surface area contributed by atoms with Crippen LogP contribution in [0.4, 0.5) is 5.69 Å². The number of carbonyl (C=O) groups is 1. The second kappa shape index (κ2) is 9.27. The van der Waals surface area contributed by atoms with E-state index < -0.39 is 0 Å². The summed E-state index contributed by atoms with van der Waals surface area (Å²) in [6, 6.07) is 24.9. The van der Waals surface area contributed by atoms with Crippen LogP contribution in [0.2, 0.25) is 0 Å². The van der Waals surface area contributed by atoms with E-state index in [1.165, 1.54) is 0 Å². The van der Waals surface area contributed by atoms with Gasteiger partial charge >= 0.3 is 0 Å². The molecule has 1 N–H and O–H groups in total. The lowest BCUT2D eigenvalue weighted by Gasteiger charge is -2.09. The average Bonchev–Trinajstić information content (AvgIpc) is 3.32. The van der Waals surface area contributed by atoms with Gasteiger partial charge in [0.1, 0.15) is 5.75 Å². The summed E-state index contributed by atoms with van der Waals surface area (Å²) >= 11 is 0. The highest BCUT2D eigenvalue weighted by Crippen LogP contribution is 2.21. The fraction of sp³-hybridized carbons (Fsp3) is 0.0800. The van der Waals surface area contributed by atoms with E-state index in [2.05, 4.69) is 25.8 Å². The summed E-state index contributed by atoms with van der Waals surface area (Å²) in [6.45, 7) is 0.479. The van der Waals surface area contributed by atoms with Crippen molar-refractivity contribution < 1.29 is 9.53 Å². The van der Waals surface area contributed by atoms with Crippen LogP contribution in [0.5, 0.6) is 5.75 Å². The minimum atomic E-state index is -0.237. The largest absolute Gasteiger partial charge is 0.484 e. The smallest absolute Gasteiger partial charge is 0.262 e. The Labute approximate surface area is 189 Å². The lowest BCUT2D eigenvalue weighted by Crippen LogP contribution is -2.20. The van der Waals surface area contributed by atoms with Gasteiger partial charge in [0.05, 0.1) is 6.54 Å². The van der Waals surface area contributed by atoms with Gasteiger partial charge in [-0.3, -0.25) is 9.78 Å². The third-order valence-corrected chi connectivity index (χ3v) is 5.11. The van der Waals surface area contributed by atoms with E-state index in [1.807, 2.05) is 66.7 Å². The third-order valence-electron chi connectivity index (χ3n) is 5.11. The van der Waals surface area contributed by atoms with Gasteiger partial charge in [0, 0.05) is 29.0 Å². The summed E-state index contributed by atoms with van der Waals surface area (Å²) < 4.78 is 7.39. The van der Waals surface area contributed by atoms with E-state index in [9.17, 15) is 4.79 Å². The monoisotopic (exact) mass is 436 g/mol. The molecular weight excluding hydrogens is 416 g/mol. The second-order valence-corrected chi connectivity index (χ2v) is 7.44. The fourth-order valence-electron chi connectivity index (χ4n) is 3.48. The van der Waals surface area contributed by atoms with Crippen molar-refractivity contribution in [1.82, 2.24) is 25.2 Å². The zero-order valence-corrected chi connectivity index (χ0v) is 17.6. The number of carbonyl (C=O) groups excluding carboxylic acids is 1. The first-order valence-electron chi connectivity index (χ1n) is 10.4. The van der Waals surface area contributed by atoms with Crippen molar-refractivity contribution >= 4 is 22.4 Å². The normalized spacial score (nSPS) is 10.8. The first-order valence-corrected chi connectivity index (χ1v) is 10.4. The number of amides is 1. The highest BCUT2D eigenvalue weighted by molar-refractivity contribution is 5.95. The Kier molecular flexibility index (Phi) is 5.71. The molecule has 1 amide bonds. The van der Waals surface area contributed by atoms with Crippen LogP contribution < -0.4 is 10.1 Å². The Bertz CT molecular complexity index is 1380. The van der Waals surface area contributed by atoms with E-state index in [0.29, 0.717) is 23.8 Å². The van der Waals surface area contributed by atoms with Crippen LogP contribution in [0.3, 0.4) is 0 Å². The lowest BCUT2D eigenvalue weighted by molar-refractivity contribution is -0.118. The van der Waals surface area contributed by atoms with Gasteiger partial charge in [0.2, 0.25) is 0 Å². The number of aromatic nitrogens is 5. The topological polar surface area (TPSA) is 94.8 Å². The Morgan fingerprint density at radius 1 is 0.939 bits per heavy atom. The van der Waals surface area contributed by atoms with Crippen LogP contribution in [-0.2, 0) is 11.3 Å². The molecule has 0 aliphatic rings. The van der Waals surface area contributed by atoms with Crippen LogP contribution in [0.1, 0.15) is 5.56 Å².